The first-order valence-electron chi connectivity index (χ1n) is 12.8. The predicted molar refractivity (Wildman–Crippen MR) is 133 cm³/mol. The highest BCUT2D eigenvalue weighted by Crippen LogP contribution is 2.37. The van der Waals surface area contributed by atoms with Gasteiger partial charge in [-0.15, -0.1) is 0 Å². The number of halogens is 1. The van der Waals surface area contributed by atoms with Gasteiger partial charge in [-0.1, -0.05) is 30.3 Å². The van der Waals surface area contributed by atoms with E-state index >= 15 is 4.39 Å². The Morgan fingerprint density at radius 2 is 1.97 bits per heavy atom. The van der Waals surface area contributed by atoms with Crippen molar-refractivity contribution in [1.82, 2.24) is 21.0 Å². The number of rotatable bonds is 5. The van der Waals surface area contributed by atoms with Crippen LogP contribution in [0.2, 0.25) is 0 Å². The van der Waals surface area contributed by atoms with Crippen LogP contribution in [0, 0.1) is 12.7 Å². The number of imide groups is 1. The number of alkyl carbamates (subject to hydrolysis) is 1. The van der Waals surface area contributed by atoms with Crippen LogP contribution >= 0.6 is 0 Å². The molecule has 4 amide bonds. The van der Waals surface area contributed by atoms with Crippen molar-refractivity contribution < 1.29 is 28.3 Å². The number of fused-ring (bicyclic) bond motifs is 2. The molecule has 1 aliphatic carbocycles. The van der Waals surface area contributed by atoms with E-state index in [0.29, 0.717) is 18.4 Å². The molecule has 0 bridgehead atoms. The Kier molecular flexibility index (Phi) is 6.02. The lowest BCUT2D eigenvalue weighted by molar-refractivity contribution is -0.136. The highest BCUT2D eigenvalue weighted by molar-refractivity contribution is 6.05. The van der Waals surface area contributed by atoms with E-state index in [-0.39, 0.29) is 55.1 Å². The van der Waals surface area contributed by atoms with Gasteiger partial charge >= 0.3 is 6.09 Å². The summed E-state index contributed by atoms with van der Waals surface area (Å²) in [5, 5.41) is 6.98. The van der Waals surface area contributed by atoms with Gasteiger partial charge in [-0.25, -0.2) is 14.6 Å². The minimum absolute atomic E-state index is 0.0891. The van der Waals surface area contributed by atoms with Crippen LogP contribution in [0.1, 0.15) is 58.3 Å². The third kappa shape index (κ3) is 4.16. The number of piperidine rings is 1. The Bertz CT molecular complexity index is 1360. The van der Waals surface area contributed by atoms with Crippen LogP contribution in [-0.2, 0) is 34.0 Å². The van der Waals surface area contributed by atoms with E-state index in [1.807, 2.05) is 6.07 Å². The van der Waals surface area contributed by atoms with Gasteiger partial charge in [0.1, 0.15) is 18.0 Å². The second-order valence-corrected chi connectivity index (χ2v) is 10.3. The van der Waals surface area contributed by atoms with Gasteiger partial charge in [0, 0.05) is 44.5 Å². The Labute approximate surface area is 218 Å². The maximum absolute atomic E-state index is 15.3. The van der Waals surface area contributed by atoms with Crippen LogP contribution in [0.15, 0.2) is 30.3 Å². The molecule has 1 saturated heterocycles. The van der Waals surface area contributed by atoms with Gasteiger partial charge in [-0.2, -0.15) is 0 Å². The SMILES string of the molecule is Cc1cccc2c1N(C1CC(OC(=O)NCc3ccc4c(c3F)C(=O)N(C3CCC(=O)NC3=O)C4)C1)NC2. The number of aryl methyl sites for hydroxylation is 1. The number of hydrazine groups is 1. The number of hydrogen-bond acceptors (Lipinski definition) is 7. The number of carbonyl (C=O) groups is 4. The number of nitrogens with zero attached hydrogens (tertiary/aromatic N) is 2. The largest absolute Gasteiger partial charge is 0.446 e. The summed E-state index contributed by atoms with van der Waals surface area (Å²) >= 11 is 0. The fourth-order valence-electron chi connectivity index (χ4n) is 5.76. The third-order valence-electron chi connectivity index (χ3n) is 7.84. The molecule has 1 saturated carbocycles. The summed E-state index contributed by atoms with van der Waals surface area (Å²) in [5.74, 6) is -2.25. The number of hydrogen-bond donors (Lipinski definition) is 3. The molecule has 1 unspecified atom stereocenters. The lowest BCUT2D eigenvalue weighted by atomic mass is 9.88. The number of para-hydroxylation sites is 1. The molecule has 198 valence electrons. The number of nitrogens with one attached hydrogen (secondary N) is 3. The van der Waals surface area contributed by atoms with Gasteiger partial charge in [-0.3, -0.25) is 19.7 Å². The van der Waals surface area contributed by atoms with Crippen molar-refractivity contribution in [1.29, 1.82) is 0 Å². The van der Waals surface area contributed by atoms with Crippen LogP contribution in [0.4, 0.5) is 14.9 Å². The zero-order chi connectivity index (χ0) is 26.6. The van der Waals surface area contributed by atoms with E-state index < -0.39 is 29.8 Å². The monoisotopic (exact) mass is 521 g/mol. The van der Waals surface area contributed by atoms with Crippen molar-refractivity contribution in [2.45, 2.75) is 70.4 Å². The topological polar surface area (TPSA) is 120 Å². The van der Waals surface area contributed by atoms with Gasteiger partial charge in [0.25, 0.3) is 5.91 Å². The molecule has 6 rings (SSSR count). The van der Waals surface area contributed by atoms with Crippen LogP contribution in [0.25, 0.3) is 0 Å². The smallest absolute Gasteiger partial charge is 0.407 e. The Morgan fingerprint density at radius 1 is 1.16 bits per heavy atom. The molecule has 3 aliphatic heterocycles. The molecule has 2 fully saturated rings. The summed E-state index contributed by atoms with van der Waals surface area (Å²) in [4.78, 5) is 50.3. The zero-order valence-electron chi connectivity index (χ0n) is 20.9. The van der Waals surface area contributed by atoms with E-state index in [0.717, 1.165) is 6.54 Å². The standard InChI is InChI=1S/C27H28FN5O5/c1-14-3-2-4-16-12-30-33(24(14)16)18-9-19(10-18)38-27(37)29-11-15-5-6-17-13-32(26(36)22(17)23(15)28)20-7-8-21(34)31-25(20)35/h2-6,18-20,30H,7-13H2,1H3,(H,29,37)(H,31,34,35). The Morgan fingerprint density at radius 3 is 2.76 bits per heavy atom. The number of ether oxygens (including phenoxy) is 1. The zero-order valence-corrected chi connectivity index (χ0v) is 20.9. The van der Waals surface area contributed by atoms with E-state index in [9.17, 15) is 19.2 Å². The quantitative estimate of drug-likeness (QED) is 0.516. The number of amides is 4. The normalized spacial score (nSPS) is 24.1. The molecule has 0 spiro atoms. The first-order valence-corrected chi connectivity index (χ1v) is 12.8. The van der Waals surface area contributed by atoms with Gasteiger partial charge in [0.2, 0.25) is 11.8 Å². The van der Waals surface area contributed by atoms with Gasteiger partial charge in [-0.05, 0) is 30.0 Å². The second-order valence-electron chi connectivity index (χ2n) is 10.3. The number of anilines is 1. The predicted octanol–water partition coefficient (Wildman–Crippen LogP) is 2.18. The fraction of sp³-hybridized carbons (Fsp3) is 0.407. The maximum Gasteiger partial charge on any atom is 0.407 e. The molecular formula is C27H28FN5O5. The molecule has 4 aliphatic rings. The summed E-state index contributed by atoms with van der Waals surface area (Å²) in [6.07, 6.45) is 0.825. The Balaban J connectivity index is 1.03. The van der Waals surface area contributed by atoms with E-state index in [4.69, 9.17) is 4.74 Å². The molecule has 1 atom stereocenters. The molecule has 3 heterocycles. The van der Waals surface area contributed by atoms with Gasteiger partial charge in [0.15, 0.2) is 0 Å². The lowest BCUT2D eigenvalue weighted by Gasteiger charge is -2.41. The van der Waals surface area contributed by atoms with Crippen molar-refractivity contribution in [2.24, 2.45) is 0 Å². The summed E-state index contributed by atoms with van der Waals surface area (Å²) in [7, 11) is 0. The second kappa shape index (κ2) is 9.39. The molecule has 3 N–H and O–H groups in total. The number of carbonyl (C=O) groups excluding carboxylic acids is 4. The van der Waals surface area contributed by atoms with Crippen molar-refractivity contribution >= 4 is 29.5 Å². The molecule has 2 aromatic rings. The van der Waals surface area contributed by atoms with Crippen molar-refractivity contribution in [3.8, 4) is 0 Å². The van der Waals surface area contributed by atoms with Crippen LogP contribution < -0.4 is 21.1 Å². The highest BCUT2D eigenvalue weighted by Gasteiger charge is 2.41. The molecule has 2 aromatic carbocycles. The van der Waals surface area contributed by atoms with Gasteiger partial charge < -0.3 is 20.0 Å². The van der Waals surface area contributed by atoms with E-state index in [1.165, 1.54) is 27.8 Å². The summed E-state index contributed by atoms with van der Waals surface area (Å²) < 4.78 is 20.8. The lowest BCUT2D eigenvalue weighted by Crippen LogP contribution is -2.53. The summed E-state index contributed by atoms with van der Waals surface area (Å²) in [5.41, 5.74) is 7.58. The van der Waals surface area contributed by atoms with Gasteiger partial charge in [0.05, 0.1) is 17.3 Å². The summed E-state index contributed by atoms with van der Waals surface area (Å²) in [6, 6.07) is 8.79. The van der Waals surface area contributed by atoms with Crippen molar-refractivity contribution in [2.75, 3.05) is 5.01 Å². The first kappa shape index (κ1) is 24.4. The van der Waals surface area contributed by atoms with Crippen LogP contribution in [-0.4, -0.2) is 46.9 Å². The average Bonchev–Trinajstić information content (AvgIpc) is 3.43. The maximum atomic E-state index is 15.3. The number of benzene rings is 2. The average molecular weight is 522 g/mol. The molecule has 0 aromatic heterocycles. The Hall–Kier alpha value is -3.99. The van der Waals surface area contributed by atoms with E-state index in [1.54, 1.807) is 6.07 Å². The van der Waals surface area contributed by atoms with Crippen LogP contribution in [0.5, 0.6) is 0 Å². The third-order valence-corrected chi connectivity index (χ3v) is 7.84. The van der Waals surface area contributed by atoms with Crippen LogP contribution in [0.3, 0.4) is 0 Å². The molecular weight excluding hydrogens is 493 g/mol. The fourth-order valence-corrected chi connectivity index (χ4v) is 5.76. The molecule has 10 nitrogen and oxygen atoms in total. The molecule has 38 heavy (non-hydrogen) atoms. The minimum atomic E-state index is -0.817. The van der Waals surface area contributed by atoms with Crippen molar-refractivity contribution in [3.63, 3.8) is 0 Å². The molecule has 11 heteroatoms. The minimum Gasteiger partial charge on any atom is -0.446 e. The summed E-state index contributed by atoms with van der Waals surface area (Å²) in [6.45, 7) is 2.81. The van der Waals surface area contributed by atoms with Crippen molar-refractivity contribution in [3.05, 3.63) is 64.0 Å². The first-order chi connectivity index (χ1) is 18.3. The molecule has 0 radical (unpaired) electrons. The van der Waals surface area contributed by atoms with E-state index in [2.05, 4.69) is 40.1 Å². The highest BCUT2D eigenvalue weighted by atomic mass is 19.1.